The SMILES string of the molecule is Cc1cc(NCCc2cccnc2)n2nc(C)c(C)c2n1. The molecule has 3 aromatic rings. The van der Waals surface area contributed by atoms with Gasteiger partial charge in [0, 0.05) is 36.3 Å². The first-order valence-electron chi connectivity index (χ1n) is 7.11. The fraction of sp³-hybridized carbons (Fsp3) is 0.312. The normalized spacial score (nSPS) is 11.0. The summed E-state index contributed by atoms with van der Waals surface area (Å²) in [6, 6.07) is 6.08. The Morgan fingerprint density at radius 3 is 2.86 bits per heavy atom. The van der Waals surface area contributed by atoms with Gasteiger partial charge in [0.1, 0.15) is 5.82 Å². The van der Waals surface area contributed by atoms with E-state index < -0.39 is 0 Å². The second-order valence-electron chi connectivity index (χ2n) is 5.27. The van der Waals surface area contributed by atoms with Crippen LogP contribution in [0.2, 0.25) is 0 Å². The number of hydrogen-bond donors (Lipinski definition) is 1. The van der Waals surface area contributed by atoms with Gasteiger partial charge in [-0.05, 0) is 38.8 Å². The molecule has 3 heterocycles. The zero-order chi connectivity index (χ0) is 14.8. The molecule has 0 atom stereocenters. The van der Waals surface area contributed by atoms with Crippen LogP contribution in [0.25, 0.3) is 5.65 Å². The third kappa shape index (κ3) is 2.72. The Morgan fingerprint density at radius 2 is 2.10 bits per heavy atom. The molecule has 0 saturated heterocycles. The van der Waals surface area contributed by atoms with Crippen LogP contribution in [0.4, 0.5) is 5.82 Å². The molecule has 5 nitrogen and oxygen atoms in total. The van der Waals surface area contributed by atoms with Crippen molar-refractivity contribution in [2.45, 2.75) is 27.2 Å². The van der Waals surface area contributed by atoms with Crippen molar-refractivity contribution < 1.29 is 0 Å². The van der Waals surface area contributed by atoms with Crippen LogP contribution in [-0.2, 0) is 6.42 Å². The minimum Gasteiger partial charge on any atom is -0.370 e. The first-order chi connectivity index (χ1) is 10.1. The first-order valence-corrected chi connectivity index (χ1v) is 7.11. The van der Waals surface area contributed by atoms with Crippen molar-refractivity contribution in [1.29, 1.82) is 0 Å². The summed E-state index contributed by atoms with van der Waals surface area (Å²) in [5.41, 5.74) is 5.29. The number of hydrogen-bond acceptors (Lipinski definition) is 4. The molecular weight excluding hydrogens is 262 g/mol. The van der Waals surface area contributed by atoms with Crippen molar-refractivity contribution in [2.24, 2.45) is 0 Å². The van der Waals surface area contributed by atoms with Crippen LogP contribution in [0, 0.1) is 20.8 Å². The summed E-state index contributed by atoms with van der Waals surface area (Å²) in [5, 5.41) is 8.01. The third-order valence-corrected chi connectivity index (χ3v) is 3.63. The number of rotatable bonds is 4. The van der Waals surface area contributed by atoms with Crippen LogP contribution in [-0.4, -0.2) is 26.1 Å². The van der Waals surface area contributed by atoms with Gasteiger partial charge in [0.25, 0.3) is 0 Å². The van der Waals surface area contributed by atoms with E-state index in [1.165, 1.54) is 5.56 Å². The quantitative estimate of drug-likeness (QED) is 0.799. The molecule has 5 heteroatoms. The van der Waals surface area contributed by atoms with Gasteiger partial charge in [-0.1, -0.05) is 6.07 Å². The molecule has 21 heavy (non-hydrogen) atoms. The summed E-state index contributed by atoms with van der Waals surface area (Å²) < 4.78 is 1.89. The predicted octanol–water partition coefficient (Wildman–Crippen LogP) is 2.70. The molecule has 3 aromatic heterocycles. The van der Waals surface area contributed by atoms with E-state index in [4.69, 9.17) is 0 Å². The highest BCUT2D eigenvalue weighted by atomic mass is 15.3. The van der Waals surface area contributed by atoms with Gasteiger partial charge in [0.2, 0.25) is 0 Å². The maximum absolute atomic E-state index is 4.57. The maximum Gasteiger partial charge on any atom is 0.160 e. The number of pyridine rings is 1. The van der Waals surface area contributed by atoms with Crippen molar-refractivity contribution in [2.75, 3.05) is 11.9 Å². The summed E-state index contributed by atoms with van der Waals surface area (Å²) in [7, 11) is 0. The fourth-order valence-corrected chi connectivity index (χ4v) is 2.36. The highest BCUT2D eigenvalue weighted by molar-refractivity contribution is 5.55. The Bertz CT molecular complexity index is 761. The van der Waals surface area contributed by atoms with Crippen LogP contribution in [0.1, 0.15) is 22.5 Å². The Labute approximate surface area is 124 Å². The van der Waals surface area contributed by atoms with Gasteiger partial charge in [-0.3, -0.25) is 4.98 Å². The van der Waals surface area contributed by atoms with Gasteiger partial charge in [-0.2, -0.15) is 9.61 Å². The van der Waals surface area contributed by atoms with Crippen molar-refractivity contribution in [1.82, 2.24) is 19.6 Å². The van der Waals surface area contributed by atoms with E-state index in [0.29, 0.717) is 0 Å². The van der Waals surface area contributed by atoms with Crippen molar-refractivity contribution in [3.05, 3.63) is 53.1 Å². The molecule has 0 fully saturated rings. The van der Waals surface area contributed by atoms with Crippen LogP contribution in [0.5, 0.6) is 0 Å². The van der Waals surface area contributed by atoms with Crippen LogP contribution in [0.3, 0.4) is 0 Å². The molecular formula is C16H19N5. The van der Waals surface area contributed by atoms with E-state index in [-0.39, 0.29) is 0 Å². The standard InChI is InChI=1S/C16H19N5/c1-11-9-15(18-8-6-14-5-4-7-17-10-14)21-16(19-11)12(2)13(3)20-21/h4-5,7,9-10,18H,6,8H2,1-3H3. The maximum atomic E-state index is 4.57. The van der Waals surface area contributed by atoms with Crippen molar-refractivity contribution in [3.63, 3.8) is 0 Å². The predicted molar refractivity (Wildman–Crippen MR) is 83.6 cm³/mol. The largest absolute Gasteiger partial charge is 0.370 e. The van der Waals surface area contributed by atoms with Crippen LogP contribution < -0.4 is 5.32 Å². The zero-order valence-electron chi connectivity index (χ0n) is 12.6. The third-order valence-electron chi connectivity index (χ3n) is 3.63. The topological polar surface area (TPSA) is 55.1 Å². The second-order valence-corrected chi connectivity index (χ2v) is 5.27. The van der Waals surface area contributed by atoms with Crippen LogP contribution in [0.15, 0.2) is 30.6 Å². The lowest BCUT2D eigenvalue weighted by Crippen LogP contribution is -2.10. The van der Waals surface area contributed by atoms with Gasteiger partial charge in [-0.15, -0.1) is 0 Å². The molecule has 108 valence electrons. The molecule has 0 amide bonds. The van der Waals surface area contributed by atoms with Gasteiger partial charge >= 0.3 is 0 Å². The molecule has 1 N–H and O–H groups in total. The second kappa shape index (κ2) is 5.52. The minimum atomic E-state index is 0.836. The lowest BCUT2D eigenvalue weighted by molar-refractivity contribution is 0.891. The summed E-state index contributed by atoms with van der Waals surface area (Å²) in [6.07, 6.45) is 4.62. The average Bonchev–Trinajstić information content (AvgIpc) is 2.76. The van der Waals surface area contributed by atoms with E-state index in [0.717, 1.165) is 41.4 Å². The van der Waals surface area contributed by atoms with Gasteiger partial charge in [-0.25, -0.2) is 4.98 Å². The summed E-state index contributed by atoms with van der Waals surface area (Å²) in [6.45, 7) is 6.92. The molecule has 0 radical (unpaired) electrons. The number of anilines is 1. The lowest BCUT2D eigenvalue weighted by atomic mass is 10.2. The van der Waals surface area contributed by atoms with Gasteiger partial charge < -0.3 is 5.32 Å². The number of nitrogens with zero attached hydrogens (tertiary/aromatic N) is 4. The molecule has 3 rings (SSSR count). The van der Waals surface area contributed by atoms with E-state index in [1.807, 2.05) is 36.7 Å². The summed E-state index contributed by atoms with van der Waals surface area (Å²) in [5.74, 6) is 0.984. The van der Waals surface area contributed by atoms with E-state index in [9.17, 15) is 0 Å². The van der Waals surface area contributed by atoms with E-state index in [1.54, 1.807) is 6.20 Å². The minimum absolute atomic E-state index is 0.836. The summed E-state index contributed by atoms with van der Waals surface area (Å²) in [4.78, 5) is 8.71. The summed E-state index contributed by atoms with van der Waals surface area (Å²) >= 11 is 0. The highest BCUT2D eigenvalue weighted by Gasteiger charge is 2.10. The van der Waals surface area contributed by atoms with E-state index >= 15 is 0 Å². The highest BCUT2D eigenvalue weighted by Crippen LogP contribution is 2.18. The molecule has 0 saturated carbocycles. The molecule has 0 aliphatic heterocycles. The first kappa shape index (κ1) is 13.5. The number of aromatic nitrogens is 4. The van der Waals surface area contributed by atoms with Crippen molar-refractivity contribution in [3.8, 4) is 0 Å². The Kier molecular flexibility index (Phi) is 3.56. The molecule has 0 aliphatic rings. The Morgan fingerprint density at radius 1 is 1.24 bits per heavy atom. The Balaban J connectivity index is 1.82. The number of aryl methyl sites for hydroxylation is 3. The molecule has 0 bridgehead atoms. The molecule has 0 aromatic carbocycles. The van der Waals surface area contributed by atoms with E-state index in [2.05, 4.69) is 33.4 Å². The molecule has 0 aliphatic carbocycles. The zero-order valence-corrected chi connectivity index (χ0v) is 12.6. The molecule has 0 unspecified atom stereocenters. The molecule has 0 spiro atoms. The monoisotopic (exact) mass is 281 g/mol. The lowest BCUT2D eigenvalue weighted by Gasteiger charge is -2.09. The Hall–Kier alpha value is -2.43. The average molecular weight is 281 g/mol. The number of fused-ring (bicyclic) bond motifs is 1. The van der Waals surface area contributed by atoms with Gasteiger partial charge in [0.05, 0.1) is 5.69 Å². The fourth-order valence-electron chi connectivity index (χ4n) is 2.36. The van der Waals surface area contributed by atoms with Crippen molar-refractivity contribution >= 4 is 11.5 Å². The smallest absolute Gasteiger partial charge is 0.160 e. The number of nitrogens with one attached hydrogen (secondary N) is 1. The van der Waals surface area contributed by atoms with Gasteiger partial charge in [0.15, 0.2) is 5.65 Å². The van der Waals surface area contributed by atoms with Crippen LogP contribution >= 0.6 is 0 Å².